The van der Waals surface area contributed by atoms with E-state index in [1.54, 1.807) is 6.26 Å². The van der Waals surface area contributed by atoms with Crippen LogP contribution in [0.25, 0.3) is 0 Å². The average molecular weight is 133 g/mol. The second kappa shape index (κ2) is 4.64. The molecule has 48 valence electrons. The molecule has 0 saturated carbocycles. The number of aromatic nitrogens is 3. The van der Waals surface area contributed by atoms with Crippen molar-refractivity contribution in [2.24, 2.45) is 0 Å². The van der Waals surface area contributed by atoms with Crippen molar-refractivity contribution in [3.63, 3.8) is 0 Å². The van der Waals surface area contributed by atoms with Crippen LogP contribution in [-0.2, 0) is 0 Å². The molecule has 0 aliphatic carbocycles. The van der Waals surface area contributed by atoms with Gasteiger partial charge in [-0.15, -0.1) is 0 Å². The molecule has 0 amide bonds. The Morgan fingerprint density at radius 1 is 1.75 bits per heavy atom. The van der Waals surface area contributed by atoms with Gasteiger partial charge in [-0.05, 0) is 13.2 Å². The van der Waals surface area contributed by atoms with Gasteiger partial charge in [0, 0.05) is 1.43 Å². The Balaban J connectivity index is 0. The normalized spacial score (nSPS) is 7.38. The van der Waals surface area contributed by atoms with E-state index >= 15 is 0 Å². The standard InChI is InChI=1S/C3H5N3.CH4S.H2/c1-3-4-2-5-6-3;1-2;/h2H,1H3,(H,4,5,6);2H,1H3;1H. The number of aromatic amines is 1. The SMILES string of the molecule is CS.Cc1ncn[nH]1.[HH]. The molecule has 3 nitrogen and oxygen atoms in total. The van der Waals surface area contributed by atoms with Crippen molar-refractivity contribution in [3.8, 4) is 0 Å². The molecule has 1 rings (SSSR count). The Kier molecular flexibility index (Phi) is 4.35. The van der Waals surface area contributed by atoms with Gasteiger partial charge in [-0.1, -0.05) is 0 Å². The Labute approximate surface area is 55.4 Å². The van der Waals surface area contributed by atoms with Gasteiger partial charge in [-0.2, -0.15) is 17.7 Å². The molecule has 0 atom stereocenters. The van der Waals surface area contributed by atoms with Crippen LogP contribution < -0.4 is 0 Å². The molecule has 8 heavy (non-hydrogen) atoms. The topological polar surface area (TPSA) is 41.6 Å². The lowest BCUT2D eigenvalue weighted by molar-refractivity contribution is 1.04. The number of hydrogen-bond donors (Lipinski definition) is 2. The third-order valence-corrected chi connectivity index (χ3v) is 0.535. The molecule has 0 aliphatic rings. The highest BCUT2D eigenvalue weighted by Crippen LogP contribution is 1.73. The summed E-state index contributed by atoms with van der Waals surface area (Å²) in [4.78, 5) is 3.75. The van der Waals surface area contributed by atoms with Gasteiger partial charge in [-0.25, -0.2) is 4.98 Å². The first-order valence-electron chi connectivity index (χ1n) is 2.16. The molecule has 4 heteroatoms. The van der Waals surface area contributed by atoms with Crippen molar-refractivity contribution in [3.05, 3.63) is 12.2 Å². The van der Waals surface area contributed by atoms with Crippen LogP contribution in [0.2, 0.25) is 0 Å². The number of hydrogen-bond acceptors (Lipinski definition) is 3. The Hall–Kier alpha value is -0.510. The Morgan fingerprint density at radius 3 is 2.50 bits per heavy atom. The fourth-order valence-corrected chi connectivity index (χ4v) is 0.267. The van der Waals surface area contributed by atoms with Crippen molar-refractivity contribution >= 4 is 12.6 Å². The molecule has 1 N–H and O–H groups in total. The summed E-state index contributed by atoms with van der Waals surface area (Å²) in [5.74, 6) is 0.856. The smallest absolute Gasteiger partial charge is 0.137 e. The zero-order chi connectivity index (χ0) is 6.41. The quantitative estimate of drug-likeness (QED) is 0.516. The molecule has 1 aromatic heterocycles. The van der Waals surface area contributed by atoms with Gasteiger partial charge < -0.3 is 0 Å². The van der Waals surface area contributed by atoms with Gasteiger partial charge in [0.25, 0.3) is 0 Å². The second-order valence-corrected chi connectivity index (χ2v) is 1.07. The van der Waals surface area contributed by atoms with Crippen molar-refractivity contribution in [2.45, 2.75) is 6.92 Å². The summed E-state index contributed by atoms with van der Waals surface area (Å²) in [7, 11) is 0. The van der Waals surface area contributed by atoms with Crippen molar-refractivity contribution in [1.82, 2.24) is 15.2 Å². The van der Waals surface area contributed by atoms with Crippen molar-refractivity contribution < 1.29 is 1.43 Å². The number of rotatable bonds is 0. The largest absolute Gasteiger partial charge is 0.264 e. The highest BCUT2D eigenvalue weighted by molar-refractivity contribution is 7.79. The summed E-state index contributed by atoms with van der Waals surface area (Å²) in [6, 6.07) is 0. The van der Waals surface area contributed by atoms with Crippen LogP contribution in [0.1, 0.15) is 7.25 Å². The van der Waals surface area contributed by atoms with Gasteiger partial charge in [0.2, 0.25) is 0 Å². The van der Waals surface area contributed by atoms with E-state index in [1.807, 2.05) is 6.92 Å². The average Bonchev–Trinajstić information content (AvgIpc) is 2.24. The predicted molar refractivity (Wildman–Crippen MR) is 38.1 cm³/mol. The number of thiol groups is 1. The molecule has 0 radical (unpaired) electrons. The van der Waals surface area contributed by atoms with Gasteiger partial charge >= 0.3 is 0 Å². The molecular weight excluding hydrogens is 122 g/mol. The van der Waals surface area contributed by atoms with Gasteiger partial charge in [-0.3, -0.25) is 5.10 Å². The number of aryl methyl sites for hydroxylation is 1. The van der Waals surface area contributed by atoms with Gasteiger partial charge in [0.15, 0.2) is 0 Å². The summed E-state index contributed by atoms with van der Waals surface area (Å²) < 4.78 is 0. The highest BCUT2D eigenvalue weighted by Gasteiger charge is 1.75. The van der Waals surface area contributed by atoms with E-state index in [-0.39, 0.29) is 1.43 Å². The van der Waals surface area contributed by atoms with Gasteiger partial charge in [0.05, 0.1) is 0 Å². The lowest BCUT2D eigenvalue weighted by Gasteiger charge is -1.66. The van der Waals surface area contributed by atoms with E-state index in [9.17, 15) is 0 Å². The van der Waals surface area contributed by atoms with Crippen LogP contribution in [0.15, 0.2) is 6.33 Å². The maximum absolute atomic E-state index is 3.75. The van der Waals surface area contributed by atoms with E-state index in [4.69, 9.17) is 0 Å². The van der Waals surface area contributed by atoms with E-state index in [0.717, 1.165) is 5.82 Å². The summed E-state index contributed by atoms with van der Waals surface area (Å²) in [5.41, 5.74) is 0. The van der Waals surface area contributed by atoms with Crippen LogP contribution in [0, 0.1) is 6.92 Å². The molecule has 0 unspecified atom stereocenters. The molecule has 1 aromatic rings. The molecular formula is C4H11N3S. The molecule has 0 aliphatic heterocycles. The van der Waals surface area contributed by atoms with Crippen LogP contribution in [0.4, 0.5) is 0 Å². The van der Waals surface area contributed by atoms with Gasteiger partial charge in [0.1, 0.15) is 12.2 Å². The summed E-state index contributed by atoms with van der Waals surface area (Å²) >= 11 is 3.53. The third-order valence-electron chi connectivity index (χ3n) is 0.535. The van der Waals surface area contributed by atoms with E-state index < -0.39 is 0 Å². The molecule has 1 heterocycles. The first-order chi connectivity index (χ1) is 3.89. The van der Waals surface area contributed by atoms with Crippen molar-refractivity contribution in [1.29, 1.82) is 0 Å². The minimum Gasteiger partial charge on any atom is -0.264 e. The highest BCUT2D eigenvalue weighted by atomic mass is 32.1. The Bertz CT molecular complexity index is 119. The maximum atomic E-state index is 3.75. The Morgan fingerprint density at radius 2 is 2.38 bits per heavy atom. The molecule has 0 saturated heterocycles. The van der Waals surface area contributed by atoms with E-state index in [2.05, 4.69) is 27.8 Å². The number of nitrogens with zero attached hydrogens (tertiary/aromatic N) is 2. The maximum Gasteiger partial charge on any atom is 0.137 e. The van der Waals surface area contributed by atoms with Crippen LogP contribution in [0.3, 0.4) is 0 Å². The molecule has 0 aromatic carbocycles. The molecule has 0 fully saturated rings. The molecule has 0 bridgehead atoms. The minimum atomic E-state index is 0. The van der Waals surface area contributed by atoms with Crippen LogP contribution >= 0.6 is 12.6 Å². The fraction of sp³-hybridized carbons (Fsp3) is 0.500. The zero-order valence-electron chi connectivity index (χ0n) is 4.92. The monoisotopic (exact) mass is 133 g/mol. The zero-order valence-corrected chi connectivity index (χ0v) is 5.81. The van der Waals surface area contributed by atoms with Crippen LogP contribution in [0.5, 0.6) is 0 Å². The van der Waals surface area contributed by atoms with Crippen LogP contribution in [-0.4, -0.2) is 21.4 Å². The number of H-pyrrole nitrogens is 1. The molecule has 0 spiro atoms. The predicted octanol–water partition coefficient (Wildman–Crippen LogP) is 0.905. The van der Waals surface area contributed by atoms with Crippen molar-refractivity contribution in [2.75, 3.05) is 6.26 Å². The summed E-state index contributed by atoms with van der Waals surface area (Å²) in [6.45, 7) is 1.85. The third kappa shape index (κ3) is 2.63. The fourth-order valence-electron chi connectivity index (χ4n) is 0.267. The second-order valence-electron chi connectivity index (χ2n) is 1.07. The summed E-state index contributed by atoms with van der Waals surface area (Å²) in [5, 5.41) is 6.22. The lowest BCUT2D eigenvalue weighted by atomic mass is 10.8. The van der Waals surface area contributed by atoms with E-state index in [0.29, 0.717) is 0 Å². The summed E-state index contributed by atoms with van der Waals surface area (Å²) in [6.07, 6.45) is 3.18. The number of nitrogens with one attached hydrogen (secondary N) is 1. The first kappa shape index (κ1) is 7.49. The first-order valence-corrected chi connectivity index (χ1v) is 3.06. The minimum absolute atomic E-state index is 0. The van der Waals surface area contributed by atoms with E-state index in [1.165, 1.54) is 6.33 Å². The lowest BCUT2D eigenvalue weighted by Crippen LogP contribution is -1.68.